The summed E-state index contributed by atoms with van der Waals surface area (Å²) in [7, 11) is 0. The predicted octanol–water partition coefficient (Wildman–Crippen LogP) is 2.28. The Labute approximate surface area is 117 Å². The molecule has 6 nitrogen and oxygen atoms in total. The highest BCUT2D eigenvalue weighted by Crippen LogP contribution is 2.22. The lowest BCUT2D eigenvalue weighted by Crippen LogP contribution is -2.01. The number of H-pyrrole nitrogens is 1. The van der Waals surface area contributed by atoms with Crippen molar-refractivity contribution in [2.24, 2.45) is 0 Å². The fourth-order valence-corrected chi connectivity index (χ4v) is 1.93. The number of nitrogen functional groups attached to an aromatic ring is 1. The Bertz CT molecular complexity index is 710. The van der Waals surface area contributed by atoms with Crippen molar-refractivity contribution in [3.8, 4) is 5.88 Å². The molecular weight excluding hydrogens is 310 g/mol. The Morgan fingerprint density at radius 3 is 2.79 bits per heavy atom. The summed E-state index contributed by atoms with van der Waals surface area (Å²) in [5, 5.41) is 7.35. The lowest BCUT2D eigenvalue weighted by molar-refractivity contribution is 0.298. The molecule has 0 fully saturated rings. The molecule has 2 heterocycles. The van der Waals surface area contributed by atoms with E-state index >= 15 is 0 Å². The highest BCUT2D eigenvalue weighted by atomic mass is 79.9. The number of anilines is 1. The lowest BCUT2D eigenvalue weighted by atomic mass is 10.2. The van der Waals surface area contributed by atoms with Crippen LogP contribution in [-0.4, -0.2) is 20.2 Å². The van der Waals surface area contributed by atoms with Crippen LogP contribution in [0.4, 0.5) is 5.95 Å². The monoisotopic (exact) mass is 319 g/mol. The Morgan fingerprint density at radius 1 is 1.21 bits per heavy atom. The zero-order chi connectivity index (χ0) is 13.2. The van der Waals surface area contributed by atoms with Gasteiger partial charge < -0.3 is 10.5 Å². The van der Waals surface area contributed by atoms with Crippen molar-refractivity contribution in [3.05, 3.63) is 40.5 Å². The van der Waals surface area contributed by atoms with Crippen LogP contribution in [0.2, 0.25) is 0 Å². The number of nitrogens with one attached hydrogen (secondary N) is 1. The third-order valence-electron chi connectivity index (χ3n) is 2.58. The van der Waals surface area contributed by atoms with E-state index in [1.54, 1.807) is 6.20 Å². The zero-order valence-corrected chi connectivity index (χ0v) is 11.4. The van der Waals surface area contributed by atoms with E-state index in [9.17, 15) is 0 Å². The second-order valence-corrected chi connectivity index (χ2v) is 4.85. The van der Waals surface area contributed by atoms with Crippen LogP contribution in [0.25, 0.3) is 11.0 Å². The fraction of sp³-hybridized carbons (Fsp3) is 0.0833. The molecule has 0 unspecified atom stereocenters. The second kappa shape index (κ2) is 4.85. The smallest absolute Gasteiger partial charge is 0.229 e. The average molecular weight is 320 g/mol. The van der Waals surface area contributed by atoms with Crippen LogP contribution in [0, 0.1) is 0 Å². The Balaban J connectivity index is 1.85. The van der Waals surface area contributed by atoms with Gasteiger partial charge in [0.25, 0.3) is 0 Å². The van der Waals surface area contributed by atoms with Gasteiger partial charge >= 0.3 is 0 Å². The number of fused-ring (bicyclic) bond motifs is 1. The first-order chi connectivity index (χ1) is 9.22. The maximum atomic E-state index is 5.68. The number of aromatic amines is 1. The van der Waals surface area contributed by atoms with Gasteiger partial charge in [-0.05, 0) is 17.7 Å². The number of rotatable bonds is 3. The molecule has 0 radical (unpaired) electrons. The van der Waals surface area contributed by atoms with Gasteiger partial charge in [0, 0.05) is 4.47 Å². The summed E-state index contributed by atoms with van der Waals surface area (Å²) in [6.07, 6.45) is 1.62. The van der Waals surface area contributed by atoms with Crippen LogP contribution < -0.4 is 10.5 Å². The first-order valence-corrected chi connectivity index (χ1v) is 6.35. The van der Waals surface area contributed by atoms with E-state index < -0.39 is 0 Å². The van der Waals surface area contributed by atoms with Gasteiger partial charge in [0.2, 0.25) is 11.8 Å². The minimum atomic E-state index is 0.155. The molecule has 0 saturated carbocycles. The van der Waals surface area contributed by atoms with Gasteiger partial charge in [-0.3, -0.25) is 5.10 Å². The maximum Gasteiger partial charge on any atom is 0.229 e. The topological polar surface area (TPSA) is 89.7 Å². The fourth-order valence-electron chi connectivity index (χ4n) is 1.67. The van der Waals surface area contributed by atoms with Gasteiger partial charge in [0.15, 0.2) is 5.65 Å². The molecule has 0 aliphatic heterocycles. The van der Waals surface area contributed by atoms with Crippen molar-refractivity contribution in [1.29, 1.82) is 0 Å². The van der Waals surface area contributed by atoms with Gasteiger partial charge in [-0.15, -0.1) is 0 Å². The summed E-state index contributed by atoms with van der Waals surface area (Å²) in [6.45, 7) is 0.407. The Kier molecular flexibility index (Phi) is 3.04. The van der Waals surface area contributed by atoms with Crippen molar-refractivity contribution in [3.63, 3.8) is 0 Å². The Morgan fingerprint density at radius 2 is 2.00 bits per heavy atom. The summed E-state index contributed by atoms with van der Waals surface area (Å²) in [5.41, 5.74) is 7.22. The zero-order valence-electron chi connectivity index (χ0n) is 9.80. The van der Waals surface area contributed by atoms with Crippen LogP contribution in [0.3, 0.4) is 0 Å². The van der Waals surface area contributed by atoms with Crippen LogP contribution in [0.1, 0.15) is 5.56 Å². The maximum absolute atomic E-state index is 5.68. The number of aromatic nitrogens is 4. The normalized spacial score (nSPS) is 10.8. The first-order valence-electron chi connectivity index (χ1n) is 5.56. The molecule has 0 aliphatic rings. The lowest BCUT2D eigenvalue weighted by Gasteiger charge is -2.06. The number of nitrogens with zero attached hydrogens (tertiary/aromatic N) is 3. The minimum Gasteiger partial charge on any atom is -0.472 e. The van der Waals surface area contributed by atoms with Gasteiger partial charge in [-0.2, -0.15) is 15.1 Å². The molecule has 3 aromatic rings. The summed E-state index contributed by atoms with van der Waals surface area (Å²) < 4.78 is 6.71. The van der Waals surface area contributed by atoms with Crippen LogP contribution >= 0.6 is 15.9 Å². The van der Waals surface area contributed by atoms with Crippen molar-refractivity contribution >= 4 is 32.9 Å². The van der Waals surface area contributed by atoms with Gasteiger partial charge in [-0.25, -0.2) is 0 Å². The molecule has 2 aromatic heterocycles. The molecule has 3 rings (SSSR count). The van der Waals surface area contributed by atoms with E-state index in [4.69, 9.17) is 10.5 Å². The third kappa shape index (κ3) is 2.50. The molecule has 0 amide bonds. The highest BCUT2D eigenvalue weighted by Gasteiger charge is 2.09. The number of nitrogens with two attached hydrogens (primary N) is 1. The van der Waals surface area contributed by atoms with Crippen molar-refractivity contribution in [1.82, 2.24) is 20.2 Å². The van der Waals surface area contributed by atoms with E-state index in [-0.39, 0.29) is 5.95 Å². The standard InChI is InChI=1S/C12H10BrN5O/c13-8-3-1-7(2-4-8)6-19-11-9-5-15-18-10(9)16-12(14)17-11/h1-5H,6H2,(H3,14,15,16,17,18). The van der Waals surface area contributed by atoms with Crippen molar-refractivity contribution in [2.45, 2.75) is 6.61 Å². The third-order valence-corrected chi connectivity index (χ3v) is 3.11. The molecule has 0 aliphatic carbocycles. The summed E-state index contributed by atoms with van der Waals surface area (Å²) in [5.74, 6) is 0.585. The molecule has 7 heteroatoms. The summed E-state index contributed by atoms with van der Waals surface area (Å²) in [4.78, 5) is 8.11. The van der Waals surface area contributed by atoms with E-state index in [2.05, 4.69) is 36.1 Å². The minimum absolute atomic E-state index is 0.155. The Hall–Kier alpha value is -2.15. The second-order valence-electron chi connectivity index (χ2n) is 3.93. The van der Waals surface area contributed by atoms with Gasteiger partial charge in [0.05, 0.1) is 6.20 Å². The number of hydrogen-bond acceptors (Lipinski definition) is 5. The molecule has 0 bridgehead atoms. The number of ether oxygens (including phenoxy) is 1. The number of halogens is 1. The van der Waals surface area contributed by atoms with Crippen molar-refractivity contribution < 1.29 is 4.74 Å². The van der Waals surface area contributed by atoms with Crippen LogP contribution in [0.5, 0.6) is 5.88 Å². The SMILES string of the molecule is Nc1nc(OCc2ccc(Br)cc2)c2cn[nH]c2n1. The van der Waals surface area contributed by atoms with Crippen LogP contribution in [0.15, 0.2) is 34.9 Å². The van der Waals surface area contributed by atoms with Crippen LogP contribution in [-0.2, 0) is 6.61 Å². The number of benzene rings is 1. The molecule has 0 saturated heterocycles. The summed E-state index contributed by atoms with van der Waals surface area (Å²) in [6, 6.07) is 7.86. The molecule has 0 spiro atoms. The van der Waals surface area contributed by atoms with E-state index in [1.165, 1.54) is 0 Å². The molecule has 1 aromatic carbocycles. The van der Waals surface area contributed by atoms with E-state index in [0.717, 1.165) is 10.0 Å². The average Bonchev–Trinajstić information content (AvgIpc) is 2.85. The number of hydrogen-bond donors (Lipinski definition) is 2. The first kappa shape index (κ1) is 11.9. The van der Waals surface area contributed by atoms with Gasteiger partial charge in [-0.1, -0.05) is 28.1 Å². The molecule has 0 atom stereocenters. The van der Waals surface area contributed by atoms with E-state index in [1.807, 2.05) is 24.3 Å². The molecule has 96 valence electrons. The van der Waals surface area contributed by atoms with Crippen molar-refractivity contribution in [2.75, 3.05) is 5.73 Å². The van der Waals surface area contributed by atoms with E-state index in [0.29, 0.717) is 23.5 Å². The molecule has 19 heavy (non-hydrogen) atoms. The molecule has 3 N–H and O–H groups in total. The highest BCUT2D eigenvalue weighted by molar-refractivity contribution is 9.10. The predicted molar refractivity (Wildman–Crippen MR) is 74.6 cm³/mol. The quantitative estimate of drug-likeness (QED) is 0.773. The van der Waals surface area contributed by atoms with Gasteiger partial charge in [0.1, 0.15) is 12.0 Å². The molecular formula is C12H10BrN5O. The summed E-state index contributed by atoms with van der Waals surface area (Å²) >= 11 is 3.39. The largest absolute Gasteiger partial charge is 0.472 e.